The van der Waals surface area contributed by atoms with Gasteiger partial charge in [0, 0.05) is 28.4 Å². The van der Waals surface area contributed by atoms with E-state index in [1.807, 2.05) is 0 Å². The van der Waals surface area contributed by atoms with Crippen LogP contribution in [0, 0.1) is 0 Å². The molecule has 3 aliphatic rings. The van der Waals surface area contributed by atoms with Gasteiger partial charge < -0.3 is 43.0 Å². The van der Waals surface area contributed by atoms with Gasteiger partial charge in [0.25, 0.3) is 0 Å². The van der Waals surface area contributed by atoms with Crippen LogP contribution in [0.4, 0.5) is 13.2 Å². The van der Waals surface area contributed by atoms with E-state index in [0.29, 0.717) is 0 Å². The summed E-state index contributed by atoms with van der Waals surface area (Å²) < 4.78 is 113. The summed E-state index contributed by atoms with van der Waals surface area (Å²) in [5.74, 6) is -6.93. The Morgan fingerprint density at radius 1 is 0.718 bits per heavy atom. The fourth-order valence-corrected chi connectivity index (χ4v) is 5.01. The van der Waals surface area contributed by atoms with Gasteiger partial charge in [-0.15, -0.1) is 0 Å². The molecule has 2 aliphatic heterocycles. The minimum absolute atomic E-state index is 0.750. The molecule has 2 heterocycles. The lowest BCUT2D eigenvalue weighted by Crippen LogP contribution is -2.79. The molecule has 3 fully saturated rings. The first-order valence-corrected chi connectivity index (χ1v) is 13.8. The number of methoxy groups -OCH3 is 4. The maximum atomic E-state index is 13.3. The minimum Gasteiger partial charge on any atom is -0.387 e. The lowest BCUT2D eigenvalue weighted by atomic mass is 9.81. The van der Waals surface area contributed by atoms with Crippen LogP contribution in [0.25, 0.3) is 0 Å². The third-order valence-corrected chi connectivity index (χ3v) is 8.18. The van der Waals surface area contributed by atoms with Gasteiger partial charge >= 0.3 is 15.6 Å². The highest BCUT2D eigenvalue weighted by Crippen LogP contribution is 2.50. The Kier molecular flexibility index (Phi) is 11.0. The zero-order valence-electron chi connectivity index (χ0n) is 22.2. The van der Waals surface area contributed by atoms with E-state index < -0.39 is 79.7 Å². The van der Waals surface area contributed by atoms with Gasteiger partial charge in [-0.05, 0) is 27.7 Å². The molecule has 0 aromatic heterocycles. The van der Waals surface area contributed by atoms with E-state index in [9.17, 15) is 26.7 Å². The largest absolute Gasteiger partial charge is 0.523 e. The van der Waals surface area contributed by atoms with Crippen LogP contribution in [0.1, 0.15) is 27.7 Å². The summed E-state index contributed by atoms with van der Waals surface area (Å²) >= 11 is 14.4. The molecule has 19 heteroatoms. The van der Waals surface area contributed by atoms with Gasteiger partial charge in [0.1, 0.15) is 36.6 Å². The summed E-state index contributed by atoms with van der Waals surface area (Å²) in [4.78, 5) is 0. The molecule has 0 radical (unpaired) electrons. The van der Waals surface area contributed by atoms with E-state index in [-0.39, 0.29) is 0 Å². The minimum atomic E-state index is -6.17. The van der Waals surface area contributed by atoms with Crippen LogP contribution in [0.3, 0.4) is 0 Å². The summed E-state index contributed by atoms with van der Waals surface area (Å²) in [7, 11) is -1.22. The molecule has 232 valence electrons. The van der Waals surface area contributed by atoms with E-state index in [1.165, 1.54) is 56.1 Å². The van der Waals surface area contributed by atoms with Crippen molar-refractivity contribution in [3.63, 3.8) is 0 Å². The Hall–Kier alpha value is 0.210. The standard InChI is InChI=1S/C19H31F3O12S.CHCl3/c1-15(26-5)17(3,28-7)32-12-10(30-15)9(23)11-13(14(12)34-35(24,25)19(20,21)22)33-18(4,29-8)16(2,27-6)31-11;2-1(3)4/h9-14,23H,1-8H3;1H/t9?,10-,11+,12+,13-,14?,15+,16-,17+,18-;. The van der Waals surface area contributed by atoms with E-state index in [0.717, 1.165) is 0 Å². The molecule has 0 bridgehead atoms. The molecule has 3 rings (SSSR count). The summed E-state index contributed by atoms with van der Waals surface area (Å²) in [5, 5.41) is 11.2. The molecule has 0 amide bonds. The summed E-state index contributed by atoms with van der Waals surface area (Å²) in [6, 6.07) is 0. The Labute approximate surface area is 239 Å². The van der Waals surface area contributed by atoms with Crippen LogP contribution in [0.2, 0.25) is 0 Å². The molecule has 12 nitrogen and oxygen atoms in total. The molecule has 39 heavy (non-hydrogen) atoms. The lowest BCUT2D eigenvalue weighted by Gasteiger charge is -2.61. The van der Waals surface area contributed by atoms with Crippen molar-refractivity contribution in [2.75, 3.05) is 28.4 Å². The van der Waals surface area contributed by atoms with Crippen LogP contribution >= 0.6 is 34.8 Å². The first-order chi connectivity index (χ1) is 17.6. The second-order valence-electron chi connectivity index (χ2n) is 9.13. The monoisotopic (exact) mass is 658 g/mol. The Morgan fingerprint density at radius 2 is 0.974 bits per heavy atom. The van der Waals surface area contributed by atoms with Crippen molar-refractivity contribution < 1.29 is 68.8 Å². The molecule has 10 atom stereocenters. The molecule has 1 N–H and O–H groups in total. The van der Waals surface area contributed by atoms with Gasteiger partial charge in [0.15, 0.2) is 4.30 Å². The van der Waals surface area contributed by atoms with Crippen LogP contribution in [-0.2, 0) is 52.2 Å². The molecule has 0 spiro atoms. The number of hydrogen-bond acceptors (Lipinski definition) is 12. The molecular formula is C20H32Cl3F3O12S. The SMILES string of the molecule is CO[C@@]1(C)O[C@@H]2C(O)[C@@H]3O[C@@](C)(OC)[C@](C)(OC)O[C@H]3C(OS(=O)(=O)C(F)(F)F)[C@H]2O[C@]1(C)OC.ClC(Cl)Cl. The summed E-state index contributed by atoms with van der Waals surface area (Å²) in [6.45, 7) is 5.54. The van der Waals surface area contributed by atoms with Crippen molar-refractivity contribution in [3.8, 4) is 0 Å². The van der Waals surface area contributed by atoms with Crippen molar-refractivity contribution in [2.45, 2.75) is 97.3 Å². The number of fused-ring (bicyclic) bond motifs is 2. The van der Waals surface area contributed by atoms with E-state index >= 15 is 0 Å². The van der Waals surface area contributed by atoms with Crippen molar-refractivity contribution >= 4 is 44.9 Å². The van der Waals surface area contributed by atoms with Crippen molar-refractivity contribution in [3.05, 3.63) is 0 Å². The van der Waals surface area contributed by atoms with Crippen LogP contribution in [0.5, 0.6) is 0 Å². The second-order valence-corrected chi connectivity index (χ2v) is 12.7. The van der Waals surface area contributed by atoms with E-state index in [1.54, 1.807) is 0 Å². The van der Waals surface area contributed by atoms with Crippen molar-refractivity contribution in [2.24, 2.45) is 0 Å². The average molecular weight is 660 g/mol. The van der Waals surface area contributed by atoms with Gasteiger partial charge in [-0.3, -0.25) is 4.18 Å². The van der Waals surface area contributed by atoms with Crippen LogP contribution in [0.15, 0.2) is 0 Å². The highest BCUT2D eigenvalue weighted by Gasteiger charge is 2.70. The lowest BCUT2D eigenvalue weighted by molar-refractivity contribution is -0.502. The molecule has 1 aliphatic carbocycles. The van der Waals surface area contributed by atoms with Gasteiger partial charge in [-0.25, -0.2) is 0 Å². The average Bonchev–Trinajstić information content (AvgIpc) is 2.83. The highest BCUT2D eigenvalue weighted by atomic mass is 35.6. The van der Waals surface area contributed by atoms with Gasteiger partial charge in [-0.1, -0.05) is 34.8 Å². The zero-order valence-corrected chi connectivity index (χ0v) is 25.2. The van der Waals surface area contributed by atoms with Crippen molar-refractivity contribution in [1.29, 1.82) is 0 Å². The highest BCUT2D eigenvalue weighted by molar-refractivity contribution is 7.87. The van der Waals surface area contributed by atoms with Gasteiger partial charge in [0.05, 0.1) is 0 Å². The number of hydrogen-bond donors (Lipinski definition) is 1. The third-order valence-electron chi connectivity index (χ3n) is 7.14. The third kappa shape index (κ3) is 6.44. The molecule has 2 unspecified atom stereocenters. The van der Waals surface area contributed by atoms with E-state index in [2.05, 4.69) is 4.18 Å². The number of aliphatic hydroxyl groups is 1. The van der Waals surface area contributed by atoms with Gasteiger partial charge in [0.2, 0.25) is 23.1 Å². The molecule has 0 aromatic rings. The van der Waals surface area contributed by atoms with Crippen molar-refractivity contribution in [1.82, 2.24) is 0 Å². The van der Waals surface area contributed by atoms with Crippen LogP contribution in [-0.4, -0.2) is 112 Å². The molecule has 2 saturated heterocycles. The normalized spacial score (nSPS) is 44.7. The number of aliphatic hydroxyl groups excluding tert-OH is 1. The summed E-state index contributed by atoms with van der Waals surface area (Å²) in [5.41, 5.74) is -5.77. The number of alkyl halides is 6. The Morgan fingerprint density at radius 3 is 1.21 bits per heavy atom. The predicted molar refractivity (Wildman–Crippen MR) is 128 cm³/mol. The number of ether oxygens (including phenoxy) is 8. The molecule has 1 saturated carbocycles. The first kappa shape index (κ1) is 35.4. The second kappa shape index (κ2) is 12.1. The maximum Gasteiger partial charge on any atom is 0.523 e. The zero-order chi connectivity index (χ0) is 30.4. The smallest absolute Gasteiger partial charge is 0.387 e. The van der Waals surface area contributed by atoms with Crippen LogP contribution < -0.4 is 0 Å². The Balaban J connectivity index is 0.00000124. The fourth-order valence-electron chi connectivity index (χ4n) is 4.39. The maximum absolute atomic E-state index is 13.3. The molecular weight excluding hydrogens is 628 g/mol. The number of rotatable bonds is 6. The van der Waals surface area contributed by atoms with E-state index in [4.69, 9.17) is 72.7 Å². The molecule has 0 aromatic carbocycles. The first-order valence-electron chi connectivity index (χ1n) is 11.1. The predicted octanol–water partition coefficient (Wildman–Crippen LogP) is 2.60. The Bertz CT molecular complexity index is 913. The van der Waals surface area contributed by atoms with Gasteiger partial charge in [-0.2, -0.15) is 21.6 Å². The quantitative estimate of drug-likeness (QED) is 0.255. The number of halogens is 6. The topological polar surface area (TPSA) is 137 Å². The fraction of sp³-hybridized carbons (Fsp3) is 1.00. The summed E-state index contributed by atoms with van der Waals surface area (Å²) in [6.07, 6.45) is -10.00.